The quantitative estimate of drug-likeness (QED) is 0.495. The third-order valence-corrected chi connectivity index (χ3v) is 6.37. The molecule has 4 saturated heterocycles. The van der Waals surface area contributed by atoms with Gasteiger partial charge in [-0.3, -0.25) is 9.80 Å². The Bertz CT molecular complexity index is 712. The van der Waals surface area contributed by atoms with Gasteiger partial charge in [0.25, 0.3) is 0 Å². The van der Waals surface area contributed by atoms with Crippen LogP contribution in [-0.4, -0.2) is 87.4 Å². The molecule has 0 radical (unpaired) electrons. The van der Waals surface area contributed by atoms with Crippen LogP contribution in [0.2, 0.25) is 0 Å². The molecule has 1 aromatic rings. The lowest BCUT2D eigenvalue weighted by atomic mass is 10.1. The van der Waals surface area contributed by atoms with Crippen LogP contribution in [-0.2, 0) is 11.3 Å². The van der Waals surface area contributed by atoms with Crippen LogP contribution in [0.1, 0.15) is 24.5 Å². The topological polar surface area (TPSA) is 61.4 Å². The van der Waals surface area contributed by atoms with Crippen molar-refractivity contribution in [1.82, 2.24) is 20.4 Å². The van der Waals surface area contributed by atoms with E-state index in [9.17, 15) is 0 Å². The van der Waals surface area contributed by atoms with Crippen molar-refractivity contribution in [3.05, 3.63) is 29.3 Å². The summed E-state index contributed by atoms with van der Waals surface area (Å²) >= 11 is 0. The molecular formula is C23H37N5O2. The second-order valence-electron chi connectivity index (χ2n) is 8.72. The Morgan fingerprint density at radius 3 is 2.80 bits per heavy atom. The van der Waals surface area contributed by atoms with Crippen molar-refractivity contribution < 1.29 is 9.47 Å². The standard InChI is InChI=1S/C23H37N5O2/c1-3-24-23(26-14-21-15-27-7-9-28(21)10-8-27)25-13-20-5-4-18(2)12-22(20)30-17-19-6-11-29-16-19/h4-5,12,19,21H,3,6-11,13-17H2,1-2H3,(H2,24,25,26). The molecule has 0 saturated carbocycles. The van der Waals surface area contributed by atoms with Crippen LogP contribution in [0.5, 0.6) is 5.75 Å². The minimum atomic E-state index is 0.498. The predicted molar refractivity (Wildman–Crippen MR) is 120 cm³/mol. The van der Waals surface area contributed by atoms with E-state index in [4.69, 9.17) is 14.5 Å². The summed E-state index contributed by atoms with van der Waals surface area (Å²) in [6.07, 6.45) is 1.09. The summed E-state index contributed by atoms with van der Waals surface area (Å²) in [7, 11) is 0. The van der Waals surface area contributed by atoms with Gasteiger partial charge in [-0.2, -0.15) is 0 Å². The zero-order chi connectivity index (χ0) is 20.8. The van der Waals surface area contributed by atoms with Crippen molar-refractivity contribution >= 4 is 5.96 Å². The van der Waals surface area contributed by atoms with Gasteiger partial charge in [-0.1, -0.05) is 12.1 Å². The van der Waals surface area contributed by atoms with Gasteiger partial charge in [0.05, 0.1) is 19.8 Å². The van der Waals surface area contributed by atoms with Crippen LogP contribution in [0.25, 0.3) is 0 Å². The number of nitrogens with one attached hydrogen (secondary N) is 2. The molecule has 7 heteroatoms. The van der Waals surface area contributed by atoms with Gasteiger partial charge in [0.2, 0.25) is 0 Å². The molecule has 0 aliphatic carbocycles. The van der Waals surface area contributed by atoms with Gasteiger partial charge in [-0.15, -0.1) is 0 Å². The SMILES string of the molecule is CCNC(=NCc1ccc(C)cc1OCC1CCOC1)NCC1CN2CCN1CC2. The maximum Gasteiger partial charge on any atom is 0.191 e. The first-order valence-electron chi connectivity index (χ1n) is 11.5. The highest BCUT2D eigenvalue weighted by atomic mass is 16.5. The fourth-order valence-corrected chi connectivity index (χ4v) is 4.49. The van der Waals surface area contributed by atoms with E-state index in [0.29, 0.717) is 25.1 Å². The molecule has 2 atom stereocenters. The normalized spacial score (nSPS) is 28.5. The van der Waals surface area contributed by atoms with E-state index in [1.54, 1.807) is 0 Å². The minimum absolute atomic E-state index is 0.498. The molecule has 0 aromatic heterocycles. The number of piperazine rings is 3. The van der Waals surface area contributed by atoms with Gasteiger partial charge in [0.1, 0.15) is 5.75 Å². The van der Waals surface area contributed by atoms with Crippen molar-refractivity contribution in [3.63, 3.8) is 0 Å². The van der Waals surface area contributed by atoms with Crippen LogP contribution >= 0.6 is 0 Å². The molecule has 30 heavy (non-hydrogen) atoms. The monoisotopic (exact) mass is 415 g/mol. The number of aryl methyl sites for hydroxylation is 1. The van der Waals surface area contributed by atoms with E-state index < -0.39 is 0 Å². The van der Waals surface area contributed by atoms with Crippen LogP contribution in [0, 0.1) is 12.8 Å². The largest absolute Gasteiger partial charge is 0.493 e. The molecular weight excluding hydrogens is 378 g/mol. The van der Waals surface area contributed by atoms with E-state index in [0.717, 1.165) is 56.5 Å². The first-order valence-corrected chi connectivity index (χ1v) is 11.5. The maximum atomic E-state index is 6.18. The van der Waals surface area contributed by atoms with Crippen molar-refractivity contribution in [2.45, 2.75) is 32.9 Å². The second kappa shape index (κ2) is 10.5. The van der Waals surface area contributed by atoms with Crippen LogP contribution in [0.4, 0.5) is 0 Å². The van der Waals surface area contributed by atoms with Gasteiger partial charge in [0.15, 0.2) is 5.96 Å². The van der Waals surface area contributed by atoms with Gasteiger partial charge < -0.3 is 20.1 Å². The third-order valence-electron chi connectivity index (χ3n) is 6.37. The highest BCUT2D eigenvalue weighted by molar-refractivity contribution is 5.79. The number of hydrogen-bond acceptors (Lipinski definition) is 5. The molecule has 5 rings (SSSR count). The Hall–Kier alpha value is -1.83. The highest BCUT2D eigenvalue weighted by Crippen LogP contribution is 2.23. The molecule has 166 valence electrons. The van der Waals surface area contributed by atoms with Crippen LogP contribution in [0.15, 0.2) is 23.2 Å². The number of guanidine groups is 1. The molecule has 2 N–H and O–H groups in total. The summed E-state index contributed by atoms with van der Waals surface area (Å²) in [5, 5.41) is 6.96. The number of fused-ring (bicyclic) bond motifs is 3. The fourth-order valence-electron chi connectivity index (χ4n) is 4.49. The molecule has 2 unspecified atom stereocenters. The molecule has 7 nitrogen and oxygen atoms in total. The first kappa shape index (κ1) is 21.4. The summed E-state index contributed by atoms with van der Waals surface area (Å²) in [5.74, 6) is 2.33. The Morgan fingerprint density at radius 1 is 1.23 bits per heavy atom. The summed E-state index contributed by atoms with van der Waals surface area (Å²) in [6, 6.07) is 6.98. The third kappa shape index (κ3) is 5.65. The summed E-state index contributed by atoms with van der Waals surface area (Å²) in [6.45, 7) is 15.0. The maximum absolute atomic E-state index is 6.18. The summed E-state index contributed by atoms with van der Waals surface area (Å²) in [5.41, 5.74) is 2.34. The number of rotatable bonds is 8. The number of benzene rings is 1. The minimum Gasteiger partial charge on any atom is -0.493 e. The number of nitrogens with zero attached hydrogens (tertiary/aromatic N) is 3. The predicted octanol–water partition coefficient (Wildman–Crippen LogP) is 1.47. The van der Waals surface area contributed by atoms with E-state index in [1.807, 2.05) is 0 Å². The lowest BCUT2D eigenvalue weighted by Crippen LogP contribution is -2.63. The lowest BCUT2D eigenvalue weighted by Gasteiger charge is -2.47. The van der Waals surface area contributed by atoms with Crippen molar-refractivity contribution in [1.29, 1.82) is 0 Å². The zero-order valence-corrected chi connectivity index (χ0v) is 18.5. The molecule has 4 heterocycles. The van der Waals surface area contributed by atoms with Crippen molar-refractivity contribution in [2.24, 2.45) is 10.9 Å². The smallest absolute Gasteiger partial charge is 0.191 e. The molecule has 1 aromatic carbocycles. The van der Waals surface area contributed by atoms with E-state index in [2.05, 4.69) is 52.5 Å². The Balaban J connectivity index is 1.35. The molecule has 2 bridgehead atoms. The lowest BCUT2D eigenvalue weighted by molar-refractivity contribution is 0.0154. The van der Waals surface area contributed by atoms with Crippen LogP contribution in [0.3, 0.4) is 0 Å². The number of ether oxygens (including phenoxy) is 2. The Kier molecular flexibility index (Phi) is 7.47. The summed E-state index contributed by atoms with van der Waals surface area (Å²) < 4.78 is 11.7. The van der Waals surface area contributed by atoms with Crippen LogP contribution < -0.4 is 15.4 Å². The molecule has 4 aliphatic rings. The Morgan fingerprint density at radius 2 is 2.10 bits per heavy atom. The number of hydrogen-bond donors (Lipinski definition) is 2. The van der Waals surface area contributed by atoms with E-state index in [1.165, 1.54) is 31.7 Å². The van der Waals surface area contributed by atoms with Gasteiger partial charge in [-0.05, 0) is 31.9 Å². The van der Waals surface area contributed by atoms with Gasteiger partial charge in [0, 0.05) is 69.9 Å². The highest BCUT2D eigenvalue weighted by Gasteiger charge is 2.31. The Labute approximate surface area is 180 Å². The fraction of sp³-hybridized carbons (Fsp3) is 0.696. The van der Waals surface area contributed by atoms with Crippen molar-refractivity contribution in [2.75, 3.05) is 65.6 Å². The first-order chi connectivity index (χ1) is 14.7. The second-order valence-corrected chi connectivity index (χ2v) is 8.72. The van der Waals surface area contributed by atoms with Gasteiger partial charge >= 0.3 is 0 Å². The zero-order valence-electron chi connectivity index (χ0n) is 18.5. The van der Waals surface area contributed by atoms with Crippen molar-refractivity contribution in [3.8, 4) is 5.75 Å². The van der Waals surface area contributed by atoms with E-state index >= 15 is 0 Å². The molecule has 0 spiro atoms. The molecule has 0 amide bonds. The number of aliphatic imine (C=N–C) groups is 1. The average molecular weight is 416 g/mol. The average Bonchev–Trinajstić information content (AvgIpc) is 3.29. The molecule has 4 aliphatic heterocycles. The van der Waals surface area contributed by atoms with E-state index in [-0.39, 0.29) is 0 Å². The summed E-state index contributed by atoms with van der Waals surface area (Å²) in [4.78, 5) is 10.0. The molecule has 4 fully saturated rings. The van der Waals surface area contributed by atoms with Gasteiger partial charge in [-0.25, -0.2) is 4.99 Å².